The summed E-state index contributed by atoms with van der Waals surface area (Å²) in [7, 11) is 0. The van der Waals surface area contributed by atoms with Crippen LogP contribution in [-0.4, -0.2) is 4.57 Å². The van der Waals surface area contributed by atoms with Crippen LogP contribution in [0.25, 0.3) is 10.9 Å². The van der Waals surface area contributed by atoms with Crippen molar-refractivity contribution >= 4 is 22.5 Å². The molecule has 0 amide bonds. The van der Waals surface area contributed by atoms with Crippen molar-refractivity contribution in [1.29, 1.82) is 0 Å². The topological polar surface area (TPSA) is 4.93 Å². The molecule has 0 saturated heterocycles. The maximum atomic E-state index is 13.2. The van der Waals surface area contributed by atoms with Crippen molar-refractivity contribution in [2.75, 3.05) is 0 Å². The molecular weight excluding hydrogens is 201 g/mol. The Hall–Kier alpha value is -1.02. The summed E-state index contributed by atoms with van der Waals surface area (Å²) in [5.41, 5.74) is 0.891. The van der Waals surface area contributed by atoms with E-state index in [0.29, 0.717) is 6.04 Å². The summed E-state index contributed by atoms with van der Waals surface area (Å²) in [4.78, 5) is 0. The third kappa shape index (κ3) is 1.40. The Morgan fingerprint density at radius 1 is 1.36 bits per heavy atom. The molecule has 0 radical (unpaired) electrons. The largest absolute Gasteiger partial charge is 0.345 e. The molecule has 2 rings (SSSR count). The predicted molar refractivity (Wildman–Crippen MR) is 57.3 cm³/mol. The average molecular weight is 212 g/mol. The van der Waals surface area contributed by atoms with Gasteiger partial charge in [0.2, 0.25) is 0 Å². The molecule has 0 fully saturated rings. The Labute approximate surface area is 87.1 Å². The van der Waals surface area contributed by atoms with Crippen LogP contribution in [0.4, 0.5) is 4.39 Å². The summed E-state index contributed by atoms with van der Waals surface area (Å²) in [6, 6.07) is 5.41. The Morgan fingerprint density at radius 2 is 2.07 bits per heavy atom. The van der Waals surface area contributed by atoms with Crippen molar-refractivity contribution in [3.8, 4) is 0 Å². The van der Waals surface area contributed by atoms with Crippen LogP contribution in [0.15, 0.2) is 24.4 Å². The van der Waals surface area contributed by atoms with Crippen LogP contribution in [0.1, 0.15) is 19.9 Å². The third-order valence-electron chi connectivity index (χ3n) is 2.32. The lowest BCUT2D eigenvalue weighted by Gasteiger charge is -2.09. The van der Waals surface area contributed by atoms with Gasteiger partial charge in [0.05, 0.1) is 10.5 Å². The van der Waals surface area contributed by atoms with Gasteiger partial charge in [0, 0.05) is 17.6 Å². The summed E-state index contributed by atoms with van der Waals surface area (Å²) in [6.45, 7) is 4.12. The van der Waals surface area contributed by atoms with Crippen molar-refractivity contribution in [2.24, 2.45) is 0 Å². The lowest BCUT2D eigenvalue weighted by molar-refractivity contribution is 0.612. The fourth-order valence-corrected chi connectivity index (χ4v) is 1.77. The first kappa shape index (κ1) is 9.53. The fraction of sp³-hybridized carbons (Fsp3) is 0.273. The minimum atomic E-state index is -0.361. The molecule has 1 aromatic heterocycles. The van der Waals surface area contributed by atoms with E-state index in [1.54, 1.807) is 6.07 Å². The van der Waals surface area contributed by atoms with Crippen molar-refractivity contribution < 1.29 is 4.39 Å². The van der Waals surface area contributed by atoms with E-state index in [4.69, 9.17) is 11.6 Å². The molecule has 0 bridgehead atoms. The second kappa shape index (κ2) is 3.28. The van der Waals surface area contributed by atoms with E-state index < -0.39 is 0 Å². The van der Waals surface area contributed by atoms with Crippen molar-refractivity contribution in [3.05, 3.63) is 35.2 Å². The van der Waals surface area contributed by atoms with Crippen LogP contribution < -0.4 is 0 Å². The lowest BCUT2D eigenvalue weighted by atomic mass is 10.2. The van der Waals surface area contributed by atoms with Gasteiger partial charge < -0.3 is 4.57 Å². The van der Waals surface area contributed by atoms with E-state index in [2.05, 4.69) is 13.8 Å². The number of halogens is 2. The van der Waals surface area contributed by atoms with Gasteiger partial charge in [-0.2, -0.15) is 0 Å². The number of benzene rings is 1. The molecule has 74 valence electrons. The first-order valence-electron chi connectivity index (χ1n) is 4.55. The number of nitrogens with zero attached hydrogens (tertiary/aromatic N) is 1. The molecule has 0 unspecified atom stereocenters. The molecule has 2 aromatic rings. The Kier molecular flexibility index (Phi) is 2.23. The summed E-state index contributed by atoms with van der Waals surface area (Å²) in [6.07, 6.45) is 1.95. The van der Waals surface area contributed by atoms with Crippen LogP contribution in [0.2, 0.25) is 5.02 Å². The quantitative estimate of drug-likeness (QED) is 0.672. The minimum Gasteiger partial charge on any atom is -0.345 e. The zero-order chi connectivity index (χ0) is 10.3. The number of fused-ring (bicyclic) bond motifs is 1. The van der Waals surface area contributed by atoms with E-state index >= 15 is 0 Å². The lowest BCUT2D eigenvalue weighted by Crippen LogP contribution is -1.98. The van der Waals surface area contributed by atoms with E-state index in [0.717, 1.165) is 10.9 Å². The molecule has 0 aliphatic heterocycles. The van der Waals surface area contributed by atoms with Crippen LogP contribution in [0.5, 0.6) is 0 Å². The summed E-state index contributed by atoms with van der Waals surface area (Å²) in [5.74, 6) is -0.361. The molecule has 0 spiro atoms. The van der Waals surface area contributed by atoms with Crippen LogP contribution in [0.3, 0.4) is 0 Å². The smallest absolute Gasteiger partial charge is 0.143 e. The van der Waals surface area contributed by atoms with Crippen LogP contribution in [-0.2, 0) is 0 Å². The average Bonchev–Trinajstić information content (AvgIpc) is 2.48. The van der Waals surface area contributed by atoms with Gasteiger partial charge in [-0.25, -0.2) is 4.39 Å². The van der Waals surface area contributed by atoms with Gasteiger partial charge in [-0.05, 0) is 32.0 Å². The number of aromatic nitrogens is 1. The fourth-order valence-electron chi connectivity index (χ4n) is 1.60. The van der Waals surface area contributed by atoms with Gasteiger partial charge >= 0.3 is 0 Å². The first-order chi connectivity index (χ1) is 6.59. The van der Waals surface area contributed by atoms with Crippen molar-refractivity contribution in [1.82, 2.24) is 4.57 Å². The molecule has 1 heterocycles. The molecule has 1 aromatic carbocycles. The molecule has 0 aliphatic carbocycles. The molecule has 0 saturated carbocycles. The van der Waals surface area contributed by atoms with Gasteiger partial charge in [0.25, 0.3) is 0 Å². The molecular formula is C11H11ClFN. The number of rotatable bonds is 1. The minimum absolute atomic E-state index is 0.180. The van der Waals surface area contributed by atoms with Gasteiger partial charge in [0.1, 0.15) is 5.82 Å². The predicted octanol–water partition coefficient (Wildman–Crippen LogP) is 4.01. The number of hydrogen-bond acceptors (Lipinski definition) is 0. The highest BCUT2D eigenvalue weighted by molar-refractivity contribution is 6.31. The summed E-state index contributed by atoms with van der Waals surface area (Å²) < 4.78 is 15.2. The first-order valence-corrected chi connectivity index (χ1v) is 4.93. The highest BCUT2D eigenvalue weighted by Crippen LogP contribution is 2.25. The normalized spacial score (nSPS) is 11.5. The zero-order valence-electron chi connectivity index (χ0n) is 8.09. The second-order valence-corrected chi connectivity index (χ2v) is 4.05. The highest BCUT2D eigenvalue weighted by atomic mass is 35.5. The Balaban J connectivity index is 2.74. The van der Waals surface area contributed by atoms with E-state index in [9.17, 15) is 4.39 Å². The highest BCUT2D eigenvalue weighted by Gasteiger charge is 2.07. The van der Waals surface area contributed by atoms with E-state index in [1.807, 2.05) is 16.8 Å². The zero-order valence-corrected chi connectivity index (χ0v) is 8.85. The van der Waals surface area contributed by atoms with E-state index in [1.165, 1.54) is 6.07 Å². The second-order valence-electron chi connectivity index (χ2n) is 3.64. The third-order valence-corrected chi connectivity index (χ3v) is 2.61. The maximum Gasteiger partial charge on any atom is 0.143 e. The summed E-state index contributed by atoms with van der Waals surface area (Å²) in [5, 5.41) is 1.16. The summed E-state index contributed by atoms with van der Waals surface area (Å²) >= 11 is 5.69. The van der Waals surface area contributed by atoms with Gasteiger partial charge in [-0.1, -0.05) is 11.6 Å². The standard InChI is InChI=1S/C11H11ClFN/c1-7(2)14-4-3-8-5-9(12)10(13)6-11(8)14/h3-7H,1-2H3. The molecule has 3 heteroatoms. The Bertz CT molecular complexity index is 473. The van der Waals surface area contributed by atoms with Gasteiger partial charge in [0.15, 0.2) is 0 Å². The van der Waals surface area contributed by atoms with Gasteiger partial charge in [-0.15, -0.1) is 0 Å². The molecule has 0 N–H and O–H groups in total. The number of hydrogen-bond donors (Lipinski definition) is 0. The molecule has 0 atom stereocenters. The van der Waals surface area contributed by atoms with Gasteiger partial charge in [-0.3, -0.25) is 0 Å². The Morgan fingerprint density at radius 3 is 2.71 bits per heavy atom. The molecule has 1 nitrogen and oxygen atoms in total. The van der Waals surface area contributed by atoms with Crippen molar-refractivity contribution in [3.63, 3.8) is 0 Å². The van der Waals surface area contributed by atoms with Crippen LogP contribution in [0, 0.1) is 5.82 Å². The van der Waals surface area contributed by atoms with Crippen LogP contribution >= 0.6 is 11.6 Å². The van der Waals surface area contributed by atoms with Crippen molar-refractivity contribution in [2.45, 2.75) is 19.9 Å². The van der Waals surface area contributed by atoms with E-state index in [-0.39, 0.29) is 10.8 Å². The molecule has 14 heavy (non-hydrogen) atoms. The SMILES string of the molecule is CC(C)n1ccc2cc(Cl)c(F)cc21. The maximum absolute atomic E-state index is 13.2. The molecule has 0 aliphatic rings. The monoisotopic (exact) mass is 211 g/mol.